The first-order chi connectivity index (χ1) is 12.1. The molecule has 25 heavy (non-hydrogen) atoms. The van der Waals surface area contributed by atoms with Crippen LogP contribution >= 0.6 is 0 Å². The lowest BCUT2D eigenvalue weighted by Crippen LogP contribution is -2.49. The van der Waals surface area contributed by atoms with Crippen LogP contribution in [0.2, 0.25) is 0 Å². The zero-order valence-electron chi connectivity index (χ0n) is 13.6. The van der Waals surface area contributed by atoms with Gasteiger partial charge in [0, 0.05) is 18.7 Å². The van der Waals surface area contributed by atoms with Gasteiger partial charge in [0.15, 0.2) is 0 Å². The second-order valence-electron chi connectivity index (χ2n) is 6.49. The summed E-state index contributed by atoms with van der Waals surface area (Å²) in [6.07, 6.45) is 1.90. The normalized spacial score (nSPS) is 21.8. The Morgan fingerprint density at radius 3 is 2.92 bits per heavy atom. The number of benzene rings is 2. The molecule has 6 heteroatoms. The summed E-state index contributed by atoms with van der Waals surface area (Å²) in [4.78, 5) is 12.6. The van der Waals surface area contributed by atoms with Crippen molar-refractivity contribution >= 4 is 11.4 Å². The van der Waals surface area contributed by atoms with Crippen molar-refractivity contribution in [1.29, 1.82) is 5.26 Å². The van der Waals surface area contributed by atoms with E-state index in [0.717, 1.165) is 18.5 Å². The fraction of sp³-hybridized carbons (Fsp3) is 0.316. The van der Waals surface area contributed by atoms with E-state index in [1.807, 2.05) is 12.1 Å². The minimum absolute atomic E-state index is 0.0607. The topological polar surface area (TPSA) is 79.4 Å². The van der Waals surface area contributed by atoms with E-state index in [2.05, 4.69) is 23.1 Å². The van der Waals surface area contributed by atoms with Crippen molar-refractivity contribution in [2.75, 3.05) is 24.6 Å². The Morgan fingerprint density at radius 1 is 1.28 bits per heavy atom. The molecule has 4 rings (SSSR count). The highest BCUT2D eigenvalue weighted by molar-refractivity contribution is 5.63. The maximum atomic E-state index is 11.0. The molecule has 0 bridgehead atoms. The Hall–Kier alpha value is -2.91. The Bertz CT molecular complexity index is 886. The van der Waals surface area contributed by atoms with Gasteiger partial charge in [-0.25, -0.2) is 0 Å². The van der Waals surface area contributed by atoms with Gasteiger partial charge in [0.2, 0.25) is 0 Å². The second-order valence-corrected chi connectivity index (χ2v) is 6.49. The summed E-state index contributed by atoms with van der Waals surface area (Å²) in [5.41, 5.74) is 3.18. The summed E-state index contributed by atoms with van der Waals surface area (Å²) in [6.45, 7) is 1.88. The number of non-ortho nitro benzene ring substituents is 1. The van der Waals surface area contributed by atoms with Crippen molar-refractivity contribution in [2.24, 2.45) is 0 Å². The van der Waals surface area contributed by atoms with E-state index < -0.39 is 4.92 Å². The molecule has 0 aromatic heterocycles. The fourth-order valence-corrected chi connectivity index (χ4v) is 3.96. The first-order valence-corrected chi connectivity index (χ1v) is 8.29. The molecule has 1 spiro atoms. The highest BCUT2D eigenvalue weighted by atomic mass is 16.6. The molecule has 1 aliphatic heterocycles. The number of nitrogens with zero attached hydrogens (tertiary/aromatic N) is 3. The predicted octanol–water partition coefficient (Wildman–Crippen LogP) is 3.14. The van der Waals surface area contributed by atoms with Crippen molar-refractivity contribution in [3.8, 4) is 6.07 Å². The molecule has 126 valence electrons. The maximum absolute atomic E-state index is 11.0. The SMILES string of the molecule is N#Cc1cc([N+](=O)[O-])ccc1N1CCOC2(CCc3ccccc32)C1. The summed E-state index contributed by atoms with van der Waals surface area (Å²) in [7, 11) is 0. The predicted molar refractivity (Wildman–Crippen MR) is 92.4 cm³/mol. The smallest absolute Gasteiger partial charge is 0.270 e. The van der Waals surface area contributed by atoms with Gasteiger partial charge in [-0.05, 0) is 30.0 Å². The monoisotopic (exact) mass is 335 g/mol. The van der Waals surface area contributed by atoms with Crippen LogP contribution in [0.25, 0.3) is 0 Å². The van der Waals surface area contributed by atoms with E-state index in [1.165, 1.54) is 23.3 Å². The first-order valence-electron chi connectivity index (χ1n) is 8.29. The number of morpholine rings is 1. The summed E-state index contributed by atoms with van der Waals surface area (Å²) in [6, 6.07) is 14.9. The Balaban J connectivity index is 1.69. The largest absolute Gasteiger partial charge is 0.367 e. The highest BCUT2D eigenvalue weighted by Gasteiger charge is 2.43. The van der Waals surface area contributed by atoms with Crippen LogP contribution in [0.1, 0.15) is 23.1 Å². The van der Waals surface area contributed by atoms with E-state index in [4.69, 9.17) is 4.74 Å². The molecular formula is C19H17N3O3. The molecule has 1 unspecified atom stereocenters. The van der Waals surface area contributed by atoms with Gasteiger partial charge in [-0.2, -0.15) is 5.26 Å². The Kier molecular flexibility index (Phi) is 3.66. The van der Waals surface area contributed by atoms with Gasteiger partial charge in [0.25, 0.3) is 5.69 Å². The van der Waals surface area contributed by atoms with Crippen LogP contribution in [0.5, 0.6) is 0 Å². The number of ether oxygens (including phenoxy) is 1. The maximum Gasteiger partial charge on any atom is 0.270 e. The molecule has 2 aliphatic rings. The van der Waals surface area contributed by atoms with Gasteiger partial charge >= 0.3 is 0 Å². The average Bonchev–Trinajstić information content (AvgIpc) is 2.99. The number of rotatable bonds is 2. The molecule has 0 radical (unpaired) electrons. The average molecular weight is 335 g/mol. The van der Waals surface area contributed by atoms with Gasteiger partial charge in [-0.1, -0.05) is 24.3 Å². The first kappa shape index (κ1) is 15.6. The molecule has 2 aromatic rings. The van der Waals surface area contributed by atoms with Crippen LogP contribution in [-0.2, 0) is 16.8 Å². The lowest BCUT2D eigenvalue weighted by molar-refractivity contribution is -0.384. The molecular weight excluding hydrogens is 318 g/mol. The Labute approximate surface area is 145 Å². The van der Waals surface area contributed by atoms with Crippen LogP contribution in [-0.4, -0.2) is 24.6 Å². The molecule has 1 heterocycles. The van der Waals surface area contributed by atoms with Crippen LogP contribution in [0.4, 0.5) is 11.4 Å². The van der Waals surface area contributed by atoms with Crippen LogP contribution in [0, 0.1) is 21.4 Å². The van der Waals surface area contributed by atoms with Crippen LogP contribution in [0.3, 0.4) is 0 Å². The fourth-order valence-electron chi connectivity index (χ4n) is 3.96. The van der Waals surface area contributed by atoms with Crippen molar-refractivity contribution < 1.29 is 9.66 Å². The van der Waals surface area contributed by atoms with Crippen molar-refractivity contribution in [3.05, 3.63) is 69.3 Å². The number of nitriles is 1. The molecule has 1 aliphatic carbocycles. The Morgan fingerprint density at radius 2 is 2.12 bits per heavy atom. The van der Waals surface area contributed by atoms with Gasteiger partial charge in [-0.15, -0.1) is 0 Å². The van der Waals surface area contributed by atoms with Gasteiger partial charge in [0.05, 0.1) is 29.3 Å². The molecule has 0 amide bonds. The van der Waals surface area contributed by atoms with Crippen molar-refractivity contribution in [1.82, 2.24) is 0 Å². The lowest BCUT2D eigenvalue weighted by Gasteiger charge is -2.42. The lowest BCUT2D eigenvalue weighted by atomic mass is 9.93. The minimum Gasteiger partial charge on any atom is -0.367 e. The summed E-state index contributed by atoms with van der Waals surface area (Å²) < 4.78 is 6.21. The van der Waals surface area contributed by atoms with E-state index in [-0.39, 0.29) is 11.3 Å². The van der Waals surface area contributed by atoms with Crippen molar-refractivity contribution in [2.45, 2.75) is 18.4 Å². The number of aryl methyl sites for hydroxylation is 1. The van der Waals surface area contributed by atoms with Crippen molar-refractivity contribution in [3.63, 3.8) is 0 Å². The quantitative estimate of drug-likeness (QED) is 0.622. The molecule has 0 saturated carbocycles. The summed E-state index contributed by atoms with van der Waals surface area (Å²) >= 11 is 0. The number of hydrogen-bond donors (Lipinski definition) is 0. The zero-order valence-corrected chi connectivity index (χ0v) is 13.6. The number of nitro groups is 1. The molecule has 2 aromatic carbocycles. The zero-order chi connectivity index (χ0) is 17.4. The molecule has 1 fully saturated rings. The van der Waals surface area contributed by atoms with Gasteiger partial charge in [-0.3, -0.25) is 10.1 Å². The number of fused-ring (bicyclic) bond motifs is 2. The van der Waals surface area contributed by atoms with E-state index in [1.54, 1.807) is 6.07 Å². The van der Waals surface area contributed by atoms with Gasteiger partial charge < -0.3 is 9.64 Å². The third-order valence-corrected chi connectivity index (χ3v) is 5.14. The summed E-state index contributed by atoms with van der Waals surface area (Å²) in [5.74, 6) is 0. The van der Waals surface area contributed by atoms with E-state index in [0.29, 0.717) is 25.3 Å². The van der Waals surface area contributed by atoms with Crippen LogP contribution in [0.15, 0.2) is 42.5 Å². The minimum atomic E-state index is -0.474. The van der Waals surface area contributed by atoms with E-state index >= 15 is 0 Å². The second kappa shape index (κ2) is 5.87. The molecule has 6 nitrogen and oxygen atoms in total. The van der Waals surface area contributed by atoms with E-state index in [9.17, 15) is 15.4 Å². The number of anilines is 1. The third-order valence-electron chi connectivity index (χ3n) is 5.14. The number of hydrogen-bond acceptors (Lipinski definition) is 5. The van der Waals surface area contributed by atoms with Gasteiger partial charge in [0.1, 0.15) is 11.7 Å². The molecule has 0 N–H and O–H groups in total. The third kappa shape index (κ3) is 2.53. The molecule has 1 atom stereocenters. The standard InChI is InChI=1S/C19H17N3O3/c20-12-15-11-16(22(23)24)5-6-18(15)21-9-10-25-19(13-21)8-7-14-3-1-2-4-17(14)19/h1-6,11H,7-10,13H2. The number of nitro benzene ring substituents is 1. The molecule has 1 saturated heterocycles. The summed E-state index contributed by atoms with van der Waals surface area (Å²) in [5, 5.41) is 20.4. The highest BCUT2D eigenvalue weighted by Crippen LogP contribution is 2.43. The van der Waals surface area contributed by atoms with Crippen LogP contribution < -0.4 is 4.90 Å².